The Morgan fingerprint density at radius 3 is 2.53 bits per heavy atom. The number of carbonyl (C=O) groups is 1. The third-order valence-corrected chi connectivity index (χ3v) is 4.47. The van der Waals surface area contributed by atoms with Gasteiger partial charge in [-0.2, -0.15) is 0 Å². The van der Waals surface area contributed by atoms with E-state index in [4.69, 9.17) is 30.5 Å². The summed E-state index contributed by atoms with van der Waals surface area (Å²) >= 11 is 5.16. The minimum absolute atomic E-state index is 0.407. The van der Waals surface area contributed by atoms with Crippen molar-refractivity contribution in [1.82, 2.24) is 0 Å². The van der Waals surface area contributed by atoms with Crippen LogP contribution >= 0.6 is 6.72 Å². The van der Waals surface area contributed by atoms with Crippen LogP contribution in [-0.4, -0.2) is 24.8 Å². The Kier molecular flexibility index (Phi) is 6.18. The average molecular weight is 302 g/mol. The second-order valence-corrected chi connectivity index (χ2v) is 6.42. The largest absolute Gasteiger partial charge is 0.478 e. The van der Waals surface area contributed by atoms with E-state index in [2.05, 4.69) is 0 Å². The molecule has 0 aliphatic carbocycles. The molecule has 1 unspecified atom stereocenters. The van der Waals surface area contributed by atoms with E-state index in [1.165, 1.54) is 13.2 Å². The van der Waals surface area contributed by atoms with Gasteiger partial charge in [-0.3, -0.25) is 4.52 Å². The van der Waals surface area contributed by atoms with Crippen LogP contribution < -0.4 is 4.52 Å². The van der Waals surface area contributed by atoms with Crippen molar-refractivity contribution in [3.05, 3.63) is 35.9 Å². The molecular formula is C12H15O5PS. The van der Waals surface area contributed by atoms with Gasteiger partial charge in [0.1, 0.15) is 5.75 Å². The number of rotatable bonds is 7. The number of aliphatic carboxylic acids is 1. The molecule has 0 radical (unpaired) electrons. The molecule has 1 rings (SSSR count). The van der Waals surface area contributed by atoms with E-state index in [0.717, 1.165) is 11.6 Å². The Morgan fingerprint density at radius 2 is 2.05 bits per heavy atom. The van der Waals surface area contributed by atoms with E-state index in [0.29, 0.717) is 12.4 Å². The van der Waals surface area contributed by atoms with Crippen molar-refractivity contribution in [3.63, 3.8) is 0 Å². The first-order chi connectivity index (χ1) is 8.99. The lowest BCUT2D eigenvalue weighted by Crippen LogP contribution is -1.99. The zero-order valence-electron chi connectivity index (χ0n) is 10.6. The average Bonchev–Trinajstić information content (AvgIpc) is 2.38. The highest BCUT2D eigenvalue weighted by atomic mass is 32.5. The molecule has 1 N–H and O–H groups in total. The Bertz CT molecular complexity index is 497. The highest BCUT2D eigenvalue weighted by Gasteiger charge is 2.19. The second-order valence-electron chi connectivity index (χ2n) is 3.38. The summed E-state index contributed by atoms with van der Waals surface area (Å²) in [6.45, 7) is -0.531. The third kappa shape index (κ3) is 5.53. The molecule has 0 saturated carbocycles. The molecule has 0 amide bonds. The van der Waals surface area contributed by atoms with Gasteiger partial charge in [0.2, 0.25) is 0 Å². The summed E-state index contributed by atoms with van der Waals surface area (Å²) in [7, 11) is 1.44. The Morgan fingerprint density at radius 1 is 1.42 bits per heavy atom. The number of benzene rings is 1. The molecule has 0 aliphatic rings. The van der Waals surface area contributed by atoms with Crippen LogP contribution in [0.1, 0.15) is 12.5 Å². The predicted octanol–water partition coefficient (Wildman–Crippen LogP) is 3.07. The lowest BCUT2D eigenvalue weighted by Gasteiger charge is -2.19. The quantitative estimate of drug-likeness (QED) is 0.617. The maximum Gasteiger partial charge on any atom is 0.380 e. The van der Waals surface area contributed by atoms with Crippen LogP contribution in [0, 0.1) is 0 Å². The van der Waals surface area contributed by atoms with Crippen LogP contribution in [0.15, 0.2) is 30.3 Å². The minimum Gasteiger partial charge on any atom is -0.478 e. The van der Waals surface area contributed by atoms with Crippen LogP contribution in [0.5, 0.6) is 5.75 Å². The summed E-state index contributed by atoms with van der Waals surface area (Å²) in [6, 6.07) is 6.80. The first-order valence-corrected chi connectivity index (χ1v) is 8.05. The lowest BCUT2D eigenvalue weighted by molar-refractivity contribution is -0.131. The van der Waals surface area contributed by atoms with Crippen molar-refractivity contribution in [3.8, 4) is 5.75 Å². The number of hydrogen-bond donors (Lipinski definition) is 1. The minimum atomic E-state index is -2.75. The molecule has 0 fully saturated rings. The lowest BCUT2D eigenvalue weighted by atomic mass is 10.2. The van der Waals surface area contributed by atoms with Crippen LogP contribution in [-0.2, 0) is 25.6 Å². The van der Waals surface area contributed by atoms with Crippen molar-refractivity contribution in [1.29, 1.82) is 0 Å². The van der Waals surface area contributed by atoms with E-state index in [9.17, 15) is 4.79 Å². The van der Waals surface area contributed by atoms with E-state index in [-0.39, 0.29) is 0 Å². The predicted molar refractivity (Wildman–Crippen MR) is 76.7 cm³/mol. The Hall–Kier alpha value is -1.20. The maximum atomic E-state index is 10.4. The standard InChI is InChI=1S/C12H15O5PS/c1-3-16-18(19,15-2)17-11-7-4-10(5-8-11)6-9-12(13)14/h4-9H,3H2,1-2H3,(H,13,14)/b9-6-. The van der Waals surface area contributed by atoms with Crippen molar-refractivity contribution < 1.29 is 23.5 Å². The number of carboxylic acid groups (broad SMARTS) is 1. The van der Waals surface area contributed by atoms with E-state index in [1.54, 1.807) is 24.3 Å². The maximum absolute atomic E-state index is 10.4. The topological polar surface area (TPSA) is 65.0 Å². The SMILES string of the molecule is CCOP(=S)(OC)Oc1ccc(/C=C\C(=O)O)cc1. The van der Waals surface area contributed by atoms with Crippen molar-refractivity contribution in [2.24, 2.45) is 0 Å². The van der Waals surface area contributed by atoms with Crippen molar-refractivity contribution >= 4 is 30.6 Å². The summed E-state index contributed by atoms with van der Waals surface area (Å²) in [5.74, 6) is -0.474. The van der Waals surface area contributed by atoms with Gasteiger partial charge in [0, 0.05) is 25.0 Å². The smallest absolute Gasteiger partial charge is 0.380 e. The summed E-state index contributed by atoms with van der Waals surface area (Å²) < 4.78 is 15.9. The Balaban J connectivity index is 2.76. The fourth-order valence-electron chi connectivity index (χ4n) is 1.21. The molecule has 0 aromatic heterocycles. The molecule has 19 heavy (non-hydrogen) atoms. The summed E-state index contributed by atoms with van der Waals surface area (Å²) in [5.41, 5.74) is 0.747. The van der Waals surface area contributed by atoms with E-state index >= 15 is 0 Å². The molecule has 0 heterocycles. The summed E-state index contributed by atoms with van der Waals surface area (Å²) in [5, 5.41) is 8.52. The van der Waals surface area contributed by atoms with Gasteiger partial charge < -0.3 is 14.2 Å². The van der Waals surface area contributed by atoms with E-state index < -0.39 is 12.7 Å². The van der Waals surface area contributed by atoms with Gasteiger partial charge in [-0.05, 0) is 30.7 Å². The summed E-state index contributed by atoms with van der Waals surface area (Å²) in [4.78, 5) is 10.4. The fourth-order valence-corrected chi connectivity index (χ4v) is 2.71. The molecule has 0 aliphatic heterocycles. The second kappa shape index (κ2) is 7.40. The molecule has 1 aromatic rings. The van der Waals surface area contributed by atoms with Gasteiger partial charge in [-0.25, -0.2) is 4.79 Å². The number of carboxylic acids is 1. The van der Waals surface area contributed by atoms with Gasteiger partial charge in [0.15, 0.2) is 0 Å². The molecule has 0 saturated heterocycles. The highest BCUT2D eigenvalue weighted by molar-refractivity contribution is 8.07. The van der Waals surface area contributed by atoms with Gasteiger partial charge in [-0.1, -0.05) is 12.1 Å². The monoisotopic (exact) mass is 302 g/mol. The molecule has 1 aromatic carbocycles. The molecule has 104 valence electrons. The molecule has 0 spiro atoms. The zero-order valence-corrected chi connectivity index (χ0v) is 12.3. The van der Waals surface area contributed by atoms with E-state index in [1.807, 2.05) is 6.92 Å². The molecule has 7 heteroatoms. The van der Waals surface area contributed by atoms with Crippen molar-refractivity contribution in [2.75, 3.05) is 13.7 Å². The van der Waals surface area contributed by atoms with Crippen LogP contribution in [0.2, 0.25) is 0 Å². The van der Waals surface area contributed by atoms with Gasteiger partial charge in [0.25, 0.3) is 0 Å². The highest BCUT2D eigenvalue weighted by Crippen LogP contribution is 2.48. The van der Waals surface area contributed by atoms with Crippen LogP contribution in [0.25, 0.3) is 6.08 Å². The van der Waals surface area contributed by atoms with Crippen LogP contribution in [0.3, 0.4) is 0 Å². The molecule has 5 nitrogen and oxygen atoms in total. The fraction of sp³-hybridized carbons (Fsp3) is 0.250. The Labute approximate surface area is 117 Å². The number of hydrogen-bond acceptors (Lipinski definition) is 5. The van der Waals surface area contributed by atoms with Gasteiger partial charge in [-0.15, -0.1) is 0 Å². The van der Waals surface area contributed by atoms with Crippen molar-refractivity contribution in [2.45, 2.75) is 6.92 Å². The van der Waals surface area contributed by atoms with Crippen LogP contribution in [0.4, 0.5) is 0 Å². The normalized spacial score (nSPS) is 14.2. The first kappa shape index (κ1) is 15.9. The zero-order chi connectivity index (χ0) is 14.3. The molecule has 1 atom stereocenters. The molecular weight excluding hydrogens is 287 g/mol. The molecule has 0 bridgehead atoms. The first-order valence-electron chi connectivity index (χ1n) is 5.50. The summed E-state index contributed by atoms with van der Waals surface area (Å²) in [6.07, 6.45) is 2.55. The third-order valence-electron chi connectivity index (χ3n) is 2.03. The van der Waals surface area contributed by atoms with Gasteiger partial charge in [0.05, 0.1) is 6.61 Å². The van der Waals surface area contributed by atoms with Gasteiger partial charge >= 0.3 is 12.7 Å².